The topological polar surface area (TPSA) is 76.0 Å². The van der Waals surface area contributed by atoms with E-state index in [1.165, 1.54) is 7.05 Å². The molecule has 10 heteroatoms. The van der Waals surface area contributed by atoms with Gasteiger partial charge in [0.1, 0.15) is 0 Å². The van der Waals surface area contributed by atoms with Gasteiger partial charge in [-0.3, -0.25) is 4.68 Å². The highest BCUT2D eigenvalue weighted by atomic mass is 32.2. The molecule has 2 heterocycles. The zero-order chi connectivity index (χ0) is 18.2. The Morgan fingerprint density at radius 2 is 2.08 bits per heavy atom. The van der Waals surface area contributed by atoms with Crippen molar-refractivity contribution in [2.75, 3.05) is 13.1 Å². The van der Waals surface area contributed by atoms with Gasteiger partial charge in [0.05, 0.1) is 0 Å². The summed E-state index contributed by atoms with van der Waals surface area (Å²) in [5.74, 6) is -0.102. The Morgan fingerprint density at radius 3 is 2.76 bits per heavy atom. The van der Waals surface area contributed by atoms with Crippen molar-refractivity contribution in [2.24, 2.45) is 7.05 Å². The Hall–Kier alpha value is -1.91. The lowest BCUT2D eigenvalue weighted by molar-refractivity contribution is -0.141. The van der Waals surface area contributed by atoms with Crippen molar-refractivity contribution >= 4 is 10.0 Å². The van der Waals surface area contributed by atoms with Gasteiger partial charge in [0.25, 0.3) is 10.0 Å². The molecule has 1 aromatic heterocycles. The molecule has 0 saturated carbocycles. The van der Waals surface area contributed by atoms with E-state index in [1.807, 2.05) is 24.3 Å². The van der Waals surface area contributed by atoms with Crippen molar-refractivity contribution in [3.63, 3.8) is 0 Å². The fraction of sp³-hybridized carbons (Fsp3) is 0.400. The average molecular weight is 374 g/mol. The summed E-state index contributed by atoms with van der Waals surface area (Å²) in [4.78, 5) is 0. The molecule has 1 atom stereocenters. The first-order valence-electron chi connectivity index (χ1n) is 7.58. The standard InChI is InChI=1S/C15H17F3N4O2S/c1-22-14(6-13(21-22)15(16,17)18)25(23,24)20-9-11-8-19-7-10-4-2-3-5-12(10)11/h2-6,11,19-20H,7-9H2,1H3. The first kappa shape index (κ1) is 17.9. The third-order valence-electron chi connectivity index (χ3n) is 4.12. The molecular weight excluding hydrogens is 357 g/mol. The predicted octanol–water partition coefficient (Wildman–Crippen LogP) is 1.60. The van der Waals surface area contributed by atoms with Crippen LogP contribution in [0.3, 0.4) is 0 Å². The second-order valence-electron chi connectivity index (χ2n) is 5.87. The van der Waals surface area contributed by atoms with Crippen LogP contribution in [0.4, 0.5) is 13.2 Å². The first-order chi connectivity index (χ1) is 11.7. The summed E-state index contributed by atoms with van der Waals surface area (Å²) in [6.45, 7) is 1.37. The first-order valence-corrected chi connectivity index (χ1v) is 9.06. The number of aryl methyl sites for hydroxylation is 1. The van der Waals surface area contributed by atoms with Crippen molar-refractivity contribution in [1.82, 2.24) is 19.8 Å². The predicted molar refractivity (Wildman–Crippen MR) is 84.3 cm³/mol. The Kier molecular flexibility index (Phi) is 4.60. The number of alkyl halides is 3. The summed E-state index contributed by atoms with van der Waals surface area (Å²) in [6, 6.07) is 8.21. The number of hydrogen-bond acceptors (Lipinski definition) is 4. The highest BCUT2D eigenvalue weighted by Crippen LogP contribution is 2.29. The molecule has 0 aliphatic carbocycles. The lowest BCUT2D eigenvalue weighted by atomic mass is 9.91. The van der Waals surface area contributed by atoms with Crippen molar-refractivity contribution in [3.8, 4) is 0 Å². The van der Waals surface area contributed by atoms with Crippen LogP contribution < -0.4 is 10.0 Å². The quantitative estimate of drug-likeness (QED) is 0.853. The molecular formula is C15H17F3N4O2S. The SMILES string of the molecule is Cn1nc(C(F)(F)F)cc1S(=O)(=O)NCC1CNCc2ccccc21. The molecule has 2 aromatic rings. The number of fused-ring (bicyclic) bond motifs is 1. The monoisotopic (exact) mass is 374 g/mol. The van der Waals surface area contributed by atoms with Gasteiger partial charge < -0.3 is 5.32 Å². The Bertz CT molecular complexity index is 877. The third kappa shape index (κ3) is 3.70. The van der Waals surface area contributed by atoms with E-state index in [0.717, 1.165) is 15.8 Å². The molecule has 1 aromatic carbocycles. The minimum Gasteiger partial charge on any atom is -0.312 e. The smallest absolute Gasteiger partial charge is 0.312 e. The molecule has 0 radical (unpaired) electrons. The van der Waals surface area contributed by atoms with Crippen LogP contribution in [0.25, 0.3) is 0 Å². The van der Waals surface area contributed by atoms with Crippen LogP contribution in [0.5, 0.6) is 0 Å². The van der Waals surface area contributed by atoms with Crippen LogP contribution in [0.2, 0.25) is 0 Å². The lowest BCUT2D eigenvalue weighted by Gasteiger charge is -2.26. The maximum Gasteiger partial charge on any atom is 0.435 e. The Balaban J connectivity index is 1.79. The number of rotatable bonds is 4. The maximum absolute atomic E-state index is 12.7. The largest absolute Gasteiger partial charge is 0.435 e. The van der Waals surface area contributed by atoms with E-state index in [1.54, 1.807) is 0 Å². The van der Waals surface area contributed by atoms with Crippen molar-refractivity contribution in [2.45, 2.75) is 23.7 Å². The number of hydrogen-bond donors (Lipinski definition) is 2. The molecule has 0 fully saturated rings. The van der Waals surface area contributed by atoms with Crippen LogP contribution in [-0.2, 0) is 29.8 Å². The fourth-order valence-corrected chi connectivity index (χ4v) is 4.11. The van der Waals surface area contributed by atoms with Crippen molar-refractivity contribution in [1.29, 1.82) is 0 Å². The molecule has 25 heavy (non-hydrogen) atoms. The second kappa shape index (κ2) is 6.43. The molecule has 6 nitrogen and oxygen atoms in total. The number of aromatic nitrogens is 2. The molecule has 3 rings (SSSR count). The van der Waals surface area contributed by atoms with E-state index < -0.39 is 26.9 Å². The highest BCUT2D eigenvalue weighted by molar-refractivity contribution is 7.89. The molecule has 0 amide bonds. The zero-order valence-electron chi connectivity index (χ0n) is 13.3. The molecule has 0 spiro atoms. The number of benzene rings is 1. The third-order valence-corrected chi connectivity index (χ3v) is 5.60. The van der Waals surface area contributed by atoms with Crippen LogP contribution in [0.15, 0.2) is 35.4 Å². The number of sulfonamides is 1. The summed E-state index contributed by atoms with van der Waals surface area (Å²) in [7, 11) is -2.94. The highest BCUT2D eigenvalue weighted by Gasteiger charge is 2.36. The maximum atomic E-state index is 12.7. The fourth-order valence-electron chi connectivity index (χ4n) is 2.89. The van der Waals surface area contributed by atoms with Gasteiger partial charge in [0.15, 0.2) is 10.7 Å². The van der Waals surface area contributed by atoms with Gasteiger partial charge in [0, 0.05) is 38.7 Å². The molecule has 1 unspecified atom stereocenters. The van der Waals surface area contributed by atoms with Crippen LogP contribution in [0.1, 0.15) is 22.7 Å². The van der Waals surface area contributed by atoms with Gasteiger partial charge in [-0.25, -0.2) is 13.1 Å². The van der Waals surface area contributed by atoms with Gasteiger partial charge in [0.2, 0.25) is 0 Å². The summed E-state index contributed by atoms with van der Waals surface area (Å²) < 4.78 is 66.0. The summed E-state index contributed by atoms with van der Waals surface area (Å²) in [5.41, 5.74) is 0.878. The number of halogens is 3. The van der Waals surface area contributed by atoms with Gasteiger partial charge in [-0.2, -0.15) is 18.3 Å². The Labute approximate surface area is 143 Å². The number of nitrogens with one attached hydrogen (secondary N) is 2. The Morgan fingerprint density at radius 1 is 1.36 bits per heavy atom. The molecule has 1 aliphatic heterocycles. The molecule has 0 bridgehead atoms. The summed E-state index contributed by atoms with van der Waals surface area (Å²) >= 11 is 0. The normalized spacial score (nSPS) is 18.2. The van der Waals surface area contributed by atoms with E-state index in [9.17, 15) is 21.6 Å². The zero-order valence-corrected chi connectivity index (χ0v) is 14.2. The minimum absolute atomic E-state index is 0.0822. The molecule has 1 aliphatic rings. The summed E-state index contributed by atoms with van der Waals surface area (Å²) in [5, 5.41) is 5.92. The van der Waals surface area contributed by atoms with E-state index in [-0.39, 0.29) is 12.5 Å². The van der Waals surface area contributed by atoms with Crippen molar-refractivity contribution in [3.05, 3.63) is 47.2 Å². The van der Waals surface area contributed by atoms with Crippen LogP contribution >= 0.6 is 0 Å². The van der Waals surface area contributed by atoms with Crippen molar-refractivity contribution < 1.29 is 21.6 Å². The van der Waals surface area contributed by atoms with E-state index in [2.05, 4.69) is 15.1 Å². The lowest BCUT2D eigenvalue weighted by Crippen LogP contribution is -2.37. The minimum atomic E-state index is -4.70. The van der Waals surface area contributed by atoms with E-state index in [4.69, 9.17) is 0 Å². The second-order valence-corrected chi connectivity index (χ2v) is 7.58. The van der Waals surface area contributed by atoms with Gasteiger partial charge in [-0.05, 0) is 11.1 Å². The van der Waals surface area contributed by atoms with Crippen LogP contribution in [0, 0.1) is 0 Å². The van der Waals surface area contributed by atoms with E-state index in [0.29, 0.717) is 19.2 Å². The molecule has 0 saturated heterocycles. The summed E-state index contributed by atoms with van der Waals surface area (Å²) in [6.07, 6.45) is -4.70. The van der Waals surface area contributed by atoms with Crippen LogP contribution in [-0.4, -0.2) is 31.3 Å². The van der Waals surface area contributed by atoms with Gasteiger partial charge in [-0.15, -0.1) is 0 Å². The molecule has 136 valence electrons. The average Bonchev–Trinajstić information content (AvgIpc) is 2.96. The number of nitrogens with zero attached hydrogens (tertiary/aromatic N) is 2. The van der Waals surface area contributed by atoms with E-state index >= 15 is 0 Å². The van der Waals surface area contributed by atoms with Gasteiger partial charge >= 0.3 is 6.18 Å². The van der Waals surface area contributed by atoms with Gasteiger partial charge in [-0.1, -0.05) is 24.3 Å². The molecule has 2 N–H and O–H groups in total.